The normalized spacial score (nSPS) is 13.0. The number of carbonyl (C=O) groups excluding carboxylic acids is 2. The number of hydrogen-bond donors (Lipinski definition) is 0. The first-order valence-electron chi connectivity index (χ1n) is 9.98. The molecule has 10 heteroatoms. The minimum atomic E-state index is -3.65. The summed E-state index contributed by atoms with van der Waals surface area (Å²) in [6.45, 7) is 7.01. The minimum absolute atomic E-state index is 0.0238. The number of benzene rings is 1. The van der Waals surface area contributed by atoms with Crippen LogP contribution in [-0.2, 0) is 23.5 Å². The molecule has 1 aromatic carbocycles. The van der Waals surface area contributed by atoms with Crippen molar-refractivity contribution in [2.75, 3.05) is 26.0 Å². The van der Waals surface area contributed by atoms with Crippen molar-refractivity contribution in [1.29, 1.82) is 0 Å². The second-order valence-corrected chi connectivity index (χ2v) is 11.1. The fourth-order valence-corrected chi connectivity index (χ4v) is 4.36. The molecule has 1 aromatic rings. The van der Waals surface area contributed by atoms with Crippen LogP contribution in [0.15, 0.2) is 18.2 Å². The van der Waals surface area contributed by atoms with Gasteiger partial charge in [-0.15, -0.1) is 0 Å². The maximum atomic E-state index is 13.2. The van der Waals surface area contributed by atoms with Gasteiger partial charge in [0, 0.05) is 34.0 Å². The molecule has 1 atom stereocenters. The van der Waals surface area contributed by atoms with E-state index in [0.717, 1.165) is 22.7 Å². The summed E-state index contributed by atoms with van der Waals surface area (Å²) >= 11 is 8.48. The van der Waals surface area contributed by atoms with Gasteiger partial charge in [0.25, 0.3) is 10.1 Å². The van der Waals surface area contributed by atoms with E-state index < -0.39 is 27.7 Å². The molecule has 0 aliphatic rings. The lowest BCUT2D eigenvalue weighted by molar-refractivity contribution is 0.0196. The summed E-state index contributed by atoms with van der Waals surface area (Å²) in [4.78, 5) is 27.2. The highest BCUT2D eigenvalue weighted by Gasteiger charge is 2.28. The smallest absolute Gasteiger partial charge is 0.410 e. The number of ketones is 1. The highest BCUT2D eigenvalue weighted by molar-refractivity contribution is 14.1. The van der Waals surface area contributed by atoms with E-state index in [9.17, 15) is 18.0 Å². The van der Waals surface area contributed by atoms with Crippen LogP contribution in [0.25, 0.3) is 0 Å². The Hall–Kier alpha value is -0.910. The topological polar surface area (TPSA) is 90.0 Å². The van der Waals surface area contributed by atoms with E-state index in [-0.39, 0.29) is 25.5 Å². The maximum Gasteiger partial charge on any atom is 0.410 e. The van der Waals surface area contributed by atoms with E-state index in [0.29, 0.717) is 17.0 Å². The van der Waals surface area contributed by atoms with Gasteiger partial charge in [-0.3, -0.25) is 8.98 Å². The van der Waals surface area contributed by atoms with E-state index in [1.54, 1.807) is 32.9 Å². The quantitative estimate of drug-likeness (QED) is 0.155. The zero-order chi connectivity index (χ0) is 23.8. The van der Waals surface area contributed by atoms with Crippen molar-refractivity contribution in [2.24, 2.45) is 5.92 Å². The third-order valence-electron chi connectivity index (χ3n) is 4.24. The Balaban J connectivity index is 3.09. The van der Waals surface area contributed by atoms with Crippen LogP contribution < -0.4 is 0 Å². The molecule has 0 radical (unpaired) electrons. The number of amides is 1. The lowest BCUT2D eigenvalue weighted by Crippen LogP contribution is -2.43. The Morgan fingerprint density at radius 3 is 2.39 bits per heavy atom. The molecule has 31 heavy (non-hydrogen) atoms. The van der Waals surface area contributed by atoms with Crippen LogP contribution in [0.1, 0.15) is 56.5 Å². The third-order valence-corrected chi connectivity index (χ3v) is 6.01. The highest BCUT2D eigenvalue weighted by atomic mass is 127. The summed E-state index contributed by atoms with van der Waals surface area (Å²) in [6.07, 6.45) is 1.60. The van der Waals surface area contributed by atoms with Crippen molar-refractivity contribution in [2.45, 2.75) is 50.6 Å². The number of rotatable bonds is 11. The minimum Gasteiger partial charge on any atom is -0.444 e. The van der Waals surface area contributed by atoms with Gasteiger partial charge in [0.05, 0.1) is 12.9 Å². The number of ether oxygens (including phenoxy) is 1. The molecule has 1 amide bonds. The summed E-state index contributed by atoms with van der Waals surface area (Å²) in [5.74, 6) is -0.612. The summed E-state index contributed by atoms with van der Waals surface area (Å²) in [7, 11) is -3.65. The summed E-state index contributed by atoms with van der Waals surface area (Å²) in [5.41, 5.74) is 0.688. The molecule has 7 nitrogen and oxygen atoms in total. The fraction of sp³-hybridized carbons (Fsp3) is 0.619. The first-order valence-corrected chi connectivity index (χ1v) is 13.7. The zero-order valence-electron chi connectivity index (χ0n) is 18.6. The second kappa shape index (κ2) is 12.4. The predicted molar refractivity (Wildman–Crippen MR) is 131 cm³/mol. The molecule has 0 fully saturated rings. The van der Waals surface area contributed by atoms with Crippen molar-refractivity contribution in [3.05, 3.63) is 34.3 Å². The van der Waals surface area contributed by atoms with Crippen molar-refractivity contribution in [1.82, 2.24) is 4.90 Å². The van der Waals surface area contributed by atoms with E-state index >= 15 is 0 Å². The molecular weight excluding hydrogens is 557 g/mol. The van der Waals surface area contributed by atoms with E-state index in [2.05, 4.69) is 22.6 Å². The Labute approximate surface area is 204 Å². The monoisotopic (exact) mass is 587 g/mol. The predicted octanol–water partition coefficient (Wildman–Crippen LogP) is 5.09. The average Bonchev–Trinajstić information content (AvgIpc) is 2.63. The van der Waals surface area contributed by atoms with Crippen molar-refractivity contribution in [3.8, 4) is 0 Å². The van der Waals surface area contributed by atoms with Crippen molar-refractivity contribution >= 4 is 56.2 Å². The Kier molecular flexibility index (Phi) is 11.2. The molecular formula is C21H31ClINO6S. The fourth-order valence-electron chi connectivity index (χ4n) is 2.85. The zero-order valence-corrected chi connectivity index (χ0v) is 22.3. The number of Topliss-reactive ketones (excluding diaryl/α,β-unsaturated/α-hetero) is 1. The Morgan fingerprint density at radius 2 is 1.90 bits per heavy atom. The SMILES string of the molecule is CCCC(CN(CCOS(C)(=O)=O)C(=O)OC(C)(C)C)C(=O)c1ccc(CI)c(Cl)c1. The van der Waals surface area contributed by atoms with Crippen molar-refractivity contribution < 1.29 is 26.9 Å². The van der Waals surface area contributed by atoms with E-state index in [4.69, 9.17) is 20.5 Å². The number of alkyl halides is 1. The van der Waals surface area contributed by atoms with Crippen LogP contribution in [-0.4, -0.2) is 56.7 Å². The molecule has 1 rings (SSSR count). The van der Waals surface area contributed by atoms with Crippen LogP contribution in [0.5, 0.6) is 0 Å². The molecule has 0 spiro atoms. The van der Waals surface area contributed by atoms with Crippen LogP contribution in [0.3, 0.4) is 0 Å². The summed E-state index contributed by atoms with van der Waals surface area (Å²) in [5, 5.41) is 0.529. The standard InChI is InChI=1S/C21H31ClINO6S/c1-6-7-17(19(25)15-8-9-16(13-23)18(22)12-15)14-24(10-11-29-31(5,27)28)20(26)30-21(2,3)4/h8-9,12,17H,6-7,10-11,13-14H2,1-5H3. The van der Waals surface area contributed by atoms with Crippen LogP contribution in [0.2, 0.25) is 5.02 Å². The summed E-state index contributed by atoms with van der Waals surface area (Å²) < 4.78 is 33.5. The van der Waals surface area contributed by atoms with Gasteiger partial charge in [0.15, 0.2) is 5.78 Å². The molecule has 0 aromatic heterocycles. The van der Waals surface area contributed by atoms with Gasteiger partial charge in [0.1, 0.15) is 5.60 Å². The number of hydrogen-bond acceptors (Lipinski definition) is 6. The Morgan fingerprint density at radius 1 is 1.26 bits per heavy atom. The average molecular weight is 588 g/mol. The number of halogens is 2. The lowest BCUT2D eigenvalue weighted by atomic mass is 9.92. The molecule has 0 aliphatic carbocycles. The van der Waals surface area contributed by atoms with Gasteiger partial charge >= 0.3 is 6.09 Å². The van der Waals surface area contributed by atoms with Crippen LogP contribution in [0.4, 0.5) is 4.79 Å². The van der Waals surface area contributed by atoms with Gasteiger partial charge in [-0.1, -0.05) is 59.7 Å². The maximum absolute atomic E-state index is 13.2. The van der Waals surface area contributed by atoms with Crippen LogP contribution >= 0.6 is 34.2 Å². The molecule has 176 valence electrons. The molecule has 1 unspecified atom stereocenters. The molecule has 0 aliphatic heterocycles. The van der Waals surface area contributed by atoms with Gasteiger partial charge < -0.3 is 9.64 Å². The molecule has 0 saturated carbocycles. The first-order chi connectivity index (χ1) is 14.3. The molecule has 0 bridgehead atoms. The van der Waals surface area contributed by atoms with Gasteiger partial charge in [-0.05, 0) is 38.8 Å². The van der Waals surface area contributed by atoms with E-state index in [1.165, 1.54) is 4.90 Å². The van der Waals surface area contributed by atoms with E-state index in [1.807, 2.05) is 13.0 Å². The second-order valence-electron chi connectivity index (χ2n) is 8.24. The van der Waals surface area contributed by atoms with Crippen molar-refractivity contribution in [3.63, 3.8) is 0 Å². The largest absolute Gasteiger partial charge is 0.444 e. The molecule has 0 N–H and O–H groups in total. The van der Waals surface area contributed by atoms with Gasteiger partial charge in [-0.25, -0.2) is 4.79 Å². The van der Waals surface area contributed by atoms with Crippen LogP contribution in [0, 0.1) is 5.92 Å². The number of nitrogens with zero attached hydrogens (tertiary/aromatic N) is 1. The highest BCUT2D eigenvalue weighted by Crippen LogP contribution is 2.24. The third kappa shape index (κ3) is 10.5. The number of carbonyl (C=O) groups is 2. The Bertz CT molecular complexity index is 869. The van der Waals surface area contributed by atoms with Gasteiger partial charge in [0.2, 0.25) is 0 Å². The lowest BCUT2D eigenvalue weighted by Gasteiger charge is -2.30. The van der Waals surface area contributed by atoms with Gasteiger partial charge in [-0.2, -0.15) is 8.42 Å². The first kappa shape index (κ1) is 28.1. The summed E-state index contributed by atoms with van der Waals surface area (Å²) in [6, 6.07) is 5.23. The molecule has 0 heterocycles. The molecule has 0 saturated heterocycles.